The van der Waals surface area contributed by atoms with E-state index in [2.05, 4.69) is 10.4 Å². The summed E-state index contributed by atoms with van der Waals surface area (Å²) in [6.45, 7) is 6.43. The minimum absolute atomic E-state index is 0.179. The highest BCUT2D eigenvalue weighted by Gasteiger charge is 2.21. The van der Waals surface area contributed by atoms with Crippen LogP contribution in [0.15, 0.2) is 53.4 Å². The molecule has 1 heterocycles. The third kappa shape index (κ3) is 3.93. The first-order valence-electron chi connectivity index (χ1n) is 9.19. The molecule has 1 aromatic heterocycles. The molecule has 28 heavy (non-hydrogen) atoms. The van der Waals surface area contributed by atoms with E-state index in [0.29, 0.717) is 25.5 Å². The molecule has 2 aromatic carbocycles. The van der Waals surface area contributed by atoms with Gasteiger partial charge in [-0.2, -0.15) is 9.40 Å². The van der Waals surface area contributed by atoms with E-state index < -0.39 is 10.0 Å². The number of nitrogens with zero attached hydrogens (tertiary/aromatic N) is 3. The van der Waals surface area contributed by atoms with Gasteiger partial charge >= 0.3 is 0 Å². The summed E-state index contributed by atoms with van der Waals surface area (Å²) in [6.07, 6.45) is 0. The number of fused-ring (bicyclic) bond motifs is 1. The van der Waals surface area contributed by atoms with E-state index in [1.807, 2.05) is 38.1 Å². The third-order valence-electron chi connectivity index (χ3n) is 4.55. The maximum Gasteiger partial charge on any atom is 0.243 e. The van der Waals surface area contributed by atoms with E-state index in [4.69, 9.17) is 0 Å². The molecule has 0 spiro atoms. The van der Waals surface area contributed by atoms with Crippen molar-refractivity contribution in [2.45, 2.75) is 32.2 Å². The number of nitrogens with one attached hydrogen (secondary N) is 1. The molecule has 0 radical (unpaired) electrons. The second-order valence-electron chi connectivity index (χ2n) is 6.44. The van der Waals surface area contributed by atoms with Crippen molar-refractivity contribution in [1.82, 2.24) is 14.1 Å². The summed E-state index contributed by atoms with van der Waals surface area (Å²) in [5, 5.41) is 8.12. The fraction of sp³-hybridized carbons (Fsp3) is 0.300. The van der Waals surface area contributed by atoms with E-state index in [-0.39, 0.29) is 10.8 Å². The number of hydrogen-bond acceptors (Lipinski definition) is 4. The lowest BCUT2D eigenvalue weighted by Gasteiger charge is -2.18. The zero-order valence-electron chi connectivity index (χ0n) is 16.2. The summed E-state index contributed by atoms with van der Waals surface area (Å²) in [7, 11) is -3.47. The van der Waals surface area contributed by atoms with Gasteiger partial charge < -0.3 is 5.32 Å². The van der Waals surface area contributed by atoms with Crippen molar-refractivity contribution in [3.63, 3.8) is 0 Å². The van der Waals surface area contributed by atoms with Gasteiger partial charge in [0.1, 0.15) is 0 Å². The van der Waals surface area contributed by atoms with Gasteiger partial charge in [0.2, 0.25) is 15.9 Å². The molecule has 0 aliphatic carbocycles. The lowest BCUT2D eigenvalue weighted by molar-refractivity contribution is -0.114. The average molecular weight is 401 g/mol. The molecular formula is C20H24N4O3S. The number of para-hydroxylation sites is 1. The number of hydrogen-bond donors (Lipinski definition) is 1. The number of carbonyl (C=O) groups is 1. The molecule has 0 aliphatic heterocycles. The number of amides is 1. The average Bonchev–Trinajstić information content (AvgIpc) is 3.00. The molecule has 8 heteroatoms. The smallest absolute Gasteiger partial charge is 0.243 e. The predicted molar refractivity (Wildman–Crippen MR) is 110 cm³/mol. The number of carbonyl (C=O) groups excluding carboxylic acids is 1. The molecule has 0 bridgehead atoms. The topological polar surface area (TPSA) is 84.3 Å². The molecular weight excluding hydrogens is 376 g/mol. The first kappa shape index (κ1) is 20.0. The van der Waals surface area contributed by atoms with Crippen molar-refractivity contribution in [2.75, 3.05) is 18.4 Å². The zero-order chi connectivity index (χ0) is 20.3. The van der Waals surface area contributed by atoms with Crippen LogP contribution in [0.1, 0.15) is 26.3 Å². The van der Waals surface area contributed by atoms with Gasteiger partial charge in [0.25, 0.3) is 0 Å². The Morgan fingerprint density at radius 2 is 1.71 bits per heavy atom. The molecule has 0 saturated heterocycles. The van der Waals surface area contributed by atoms with Crippen LogP contribution in [0.3, 0.4) is 0 Å². The van der Waals surface area contributed by atoms with Gasteiger partial charge in [0, 0.05) is 25.4 Å². The zero-order valence-corrected chi connectivity index (χ0v) is 17.0. The van der Waals surface area contributed by atoms with Crippen molar-refractivity contribution in [2.24, 2.45) is 0 Å². The van der Waals surface area contributed by atoms with Gasteiger partial charge in [-0.15, -0.1) is 0 Å². The second-order valence-corrected chi connectivity index (χ2v) is 8.38. The van der Waals surface area contributed by atoms with Crippen molar-refractivity contribution >= 4 is 32.7 Å². The monoisotopic (exact) mass is 400 g/mol. The minimum atomic E-state index is -3.47. The molecule has 1 N–H and O–H groups in total. The highest BCUT2D eigenvalue weighted by atomic mass is 32.2. The quantitative estimate of drug-likeness (QED) is 0.661. The molecule has 0 aliphatic rings. The molecule has 3 rings (SSSR count). The van der Waals surface area contributed by atoms with Crippen LogP contribution in [0.2, 0.25) is 0 Å². The summed E-state index contributed by atoms with van der Waals surface area (Å²) < 4.78 is 28.5. The van der Waals surface area contributed by atoms with Gasteiger partial charge in [-0.1, -0.05) is 38.1 Å². The van der Waals surface area contributed by atoms with Crippen LogP contribution >= 0.6 is 0 Å². The predicted octanol–water partition coefficient (Wildman–Crippen LogP) is 3.07. The van der Waals surface area contributed by atoms with Crippen molar-refractivity contribution in [3.8, 4) is 0 Å². The summed E-state index contributed by atoms with van der Waals surface area (Å²) in [5.41, 5.74) is 1.81. The van der Waals surface area contributed by atoms with E-state index in [9.17, 15) is 13.2 Å². The standard InChI is InChI=1S/C20H24N4O3S/c1-4-23(5-2)28(26,27)17-12-10-16(11-13-17)14-24-19-9-7-6-8-18(19)20(22-24)21-15(3)25/h6-13H,4-5,14H2,1-3H3,(H,21,22,25). The van der Waals surface area contributed by atoms with E-state index >= 15 is 0 Å². The molecule has 1 amide bonds. The maximum atomic E-state index is 12.6. The summed E-state index contributed by atoms with van der Waals surface area (Å²) in [4.78, 5) is 11.7. The first-order valence-corrected chi connectivity index (χ1v) is 10.6. The molecule has 0 fully saturated rings. The van der Waals surface area contributed by atoms with Gasteiger partial charge in [-0.05, 0) is 29.8 Å². The molecule has 0 saturated carbocycles. The Morgan fingerprint density at radius 3 is 2.32 bits per heavy atom. The highest BCUT2D eigenvalue weighted by Crippen LogP contribution is 2.24. The molecule has 7 nitrogen and oxygen atoms in total. The first-order chi connectivity index (χ1) is 13.4. The molecule has 0 atom stereocenters. The summed E-state index contributed by atoms with van der Waals surface area (Å²) in [6, 6.07) is 14.5. The third-order valence-corrected chi connectivity index (χ3v) is 6.62. The van der Waals surface area contributed by atoms with Gasteiger partial charge in [-0.25, -0.2) is 8.42 Å². The van der Waals surface area contributed by atoms with Crippen LogP contribution in [-0.2, 0) is 21.4 Å². The Balaban J connectivity index is 1.90. The number of benzene rings is 2. The molecule has 0 unspecified atom stereocenters. The lowest BCUT2D eigenvalue weighted by Crippen LogP contribution is -2.30. The Hall–Kier alpha value is -2.71. The van der Waals surface area contributed by atoms with Crippen molar-refractivity contribution in [3.05, 3.63) is 54.1 Å². The minimum Gasteiger partial charge on any atom is -0.309 e. The Labute approximate surface area is 165 Å². The maximum absolute atomic E-state index is 12.6. The SMILES string of the molecule is CCN(CC)S(=O)(=O)c1ccc(Cn2nc(NC(C)=O)c3ccccc32)cc1. The Kier molecular flexibility index (Phi) is 5.81. The van der Waals surface area contributed by atoms with Crippen LogP contribution in [0.4, 0.5) is 5.82 Å². The fourth-order valence-corrected chi connectivity index (χ4v) is 4.62. The Morgan fingerprint density at radius 1 is 1.07 bits per heavy atom. The van der Waals surface area contributed by atoms with E-state index in [1.165, 1.54) is 11.2 Å². The summed E-state index contributed by atoms with van der Waals surface area (Å²) >= 11 is 0. The summed E-state index contributed by atoms with van der Waals surface area (Å²) in [5.74, 6) is 0.338. The lowest BCUT2D eigenvalue weighted by atomic mass is 10.2. The second kappa shape index (κ2) is 8.12. The number of rotatable bonds is 7. The van der Waals surface area contributed by atoms with Gasteiger partial charge in [0.15, 0.2) is 5.82 Å². The fourth-order valence-electron chi connectivity index (χ4n) is 3.16. The van der Waals surface area contributed by atoms with Crippen LogP contribution in [-0.4, -0.2) is 41.5 Å². The largest absolute Gasteiger partial charge is 0.309 e. The van der Waals surface area contributed by atoms with Gasteiger partial charge in [-0.3, -0.25) is 9.48 Å². The normalized spacial score (nSPS) is 11.9. The van der Waals surface area contributed by atoms with Crippen LogP contribution in [0, 0.1) is 0 Å². The van der Waals surface area contributed by atoms with Crippen LogP contribution < -0.4 is 5.32 Å². The van der Waals surface area contributed by atoms with E-state index in [0.717, 1.165) is 16.5 Å². The number of sulfonamides is 1. The number of aromatic nitrogens is 2. The van der Waals surface area contributed by atoms with Gasteiger partial charge in [0.05, 0.1) is 17.0 Å². The Bertz CT molecular complexity index is 1080. The van der Waals surface area contributed by atoms with Crippen LogP contribution in [0.25, 0.3) is 10.9 Å². The van der Waals surface area contributed by atoms with E-state index in [1.54, 1.807) is 28.9 Å². The van der Waals surface area contributed by atoms with Crippen molar-refractivity contribution < 1.29 is 13.2 Å². The highest BCUT2D eigenvalue weighted by molar-refractivity contribution is 7.89. The number of anilines is 1. The van der Waals surface area contributed by atoms with Crippen LogP contribution in [0.5, 0.6) is 0 Å². The molecule has 3 aromatic rings. The van der Waals surface area contributed by atoms with Crippen molar-refractivity contribution in [1.29, 1.82) is 0 Å². The molecule has 148 valence electrons.